The molecule has 1 aromatic carbocycles. The molecule has 19 heavy (non-hydrogen) atoms. The molecule has 4 nitrogen and oxygen atoms in total. The van der Waals surface area contributed by atoms with Crippen molar-refractivity contribution in [3.63, 3.8) is 0 Å². The fourth-order valence-electron chi connectivity index (χ4n) is 2.66. The summed E-state index contributed by atoms with van der Waals surface area (Å²) in [6, 6.07) is 4.79. The molecule has 0 saturated heterocycles. The third-order valence-electron chi connectivity index (χ3n) is 3.58. The van der Waals surface area contributed by atoms with Crippen LogP contribution in [0.3, 0.4) is 0 Å². The van der Waals surface area contributed by atoms with Crippen LogP contribution in [0.15, 0.2) is 18.2 Å². The van der Waals surface area contributed by atoms with Crippen molar-refractivity contribution in [2.24, 2.45) is 0 Å². The SMILES string of the molecule is CN(CC1(O)CCCC1)C(=O)c1cc(N)cc(Cl)c1. The molecule has 1 aromatic rings. The van der Waals surface area contributed by atoms with Crippen LogP contribution >= 0.6 is 11.6 Å². The highest BCUT2D eigenvalue weighted by molar-refractivity contribution is 6.31. The quantitative estimate of drug-likeness (QED) is 0.836. The molecule has 5 heteroatoms. The average molecular weight is 283 g/mol. The van der Waals surface area contributed by atoms with Crippen molar-refractivity contribution in [1.82, 2.24) is 4.90 Å². The molecule has 0 spiro atoms. The summed E-state index contributed by atoms with van der Waals surface area (Å²) in [5, 5.41) is 10.8. The molecule has 1 saturated carbocycles. The van der Waals surface area contributed by atoms with Crippen LogP contribution in [0.4, 0.5) is 5.69 Å². The highest BCUT2D eigenvalue weighted by Crippen LogP contribution is 2.30. The Morgan fingerprint density at radius 3 is 2.63 bits per heavy atom. The highest BCUT2D eigenvalue weighted by atomic mass is 35.5. The van der Waals surface area contributed by atoms with Crippen molar-refractivity contribution in [1.29, 1.82) is 0 Å². The standard InChI is InChI=1S/C14H19ClN2O2/c1-17(9-14(19)4-2-3-5-14)13(18)10-6-11(15)8-12(16)7-10/h6-8,19H,2-5,9,16H2,1H3. The van der Waals surface area contributed by atoms with Gasteiger partial charge in [-0.1, -0.05) is 24.4 Å². The van der Waals surface area contributed by atoms with Gasteiger partial charge >= 0.3 is 0 Å². The summed E-state index contributed by atoms with van der Waals surface area (Å²) >= 11 is 5.90. The lowest BCUT2D eigenvalue weighted by atomic mass is 10.0. The van der Waals surface area contributed by atoms with E-state index in [9.17, 15) is 9.90 Å². The number of benzene rings is 1. The summed E-state index contributed by atoms with van der Waals surface area (Å²) in [5.74, 6) is -0.172. The number of halogens is 1. The number of rotatable bonds is 3. The first-order valence-electron chi connectivity index (χ1n) is 6.44. The first kappa shape index (κ1) is 14.2. The van der Waals surface area contributed by atoms with Crippen LogP contribution in [0.1, 0.15) is 36.0 Å². The van der Waals surface area contributed by atoms with Crippen LogP contribution in [0, 0.1) is 0 Å². The first-order chi connectivity index (χ1) is 8.89. The zero-order valence-corrected chi connectivity index (χ0v) is 11.8. The molecule has 0 radical (unpaired) electrons. The van der Waals surface area contributed by atoms with Gasteiger partial charge in [0.1, 0.15) is 0 Å². The van der Waals surface area contributed by atoms with E-state index < -0.39 is 5.60 Å². The molecule has 104 valence electrons. The molecule has 0 bridgehead atoms. The second kappa shape index (κ2) is 5.39. The molecule has 1 aliphatic rings. The van der Waals surface area contributed by atoms with Gasteiger partial charge in [-0.25, -0.2) is 0 Å². The number of aliphatic hydroxyl groups is 1. The van der Waals surface area contributed by atoms with Crippen molar-refractivity contribution < 1.29 is 9.90 Å². The minimum Gasteiger partial charge on any atom is -0.399 e. The second-order valence-corrected chi connectivity index (χ2v) is 5.80. The molecule has 3 N–H and O–H groups in total. The Morgan fingerprint density at radius 1 is 1.42 bits per heavy atom. The minimum atomic E-state index is -0.742. The van der Waals surface area contributed by atoms with Gasteiger partial charge in [0.15, 0.2) is 0 Å². The van der Waals surface area contributed by atoms with E-state index in [0.29, 0.717) is 22.8 Å². The summed E-state index contributed by atoms with van der Waals surface area (Å²) in [4.78, 5) is 13.8. The van der Waals surface area contributed by atoms with Crippen LogP contribution in [0.5, 0.6) is 0 Å². The van der Waals surface area contributed by atoms with Gasteiger partial charge in [-0.2, -0.15) is 0 Å². The van der Waals surface area contributed by atoms with E-state index in [2.05, 4.69) is 0 Å². The average Bonchev–Trinajstić information content (AvgIpc) is 2.73. The normalized spacial score (nSPS) is 17.4. The maximum Gasteiger partial charge on any atom is 0.253 e. The Balaban J connectivity index is 2.10. The van der Waals surface area contributed by atoms with Gasteiger partial charge in [0, 0.05) is 29.9 Å². The second-order valence-electron chi connectivity index (χ2n) is 5.37. The van der Waals surface area contributed by atoms with Gasteiger partial charge in [0.25, 0.3) is 5.91 Å². The lowest BCUT2D eigenvalue weighted by molar-refractivity contribution is 0.0157. The van der Waals surface area contributed by atoms with Gasteiger partial charge in [-0.3, -0.25) is 4.79 Å². The van der Waals surface area contributed by atoms with Crippen molar-refractivity contribution >= 4 is 23.2 Å². The number of nitrogens with two attached hydrogens (primary N) is 1. The van der Waals surface area contributed by atoms with E-state index in [0.717, 1.165) is 25.7 Å². The van der Waals surface area contributed by atoms with Crippen LogP contribution in [0.25, 0.3) is 0 Å². The number of likely N-dealkylation sites (N-methyl/N-ethyl adjacent to an activating group) is 1. The Hall–Kier alpha value is -1.26. The number of nitrogen functional groups attached to an aromatic ring is 1. The topological polar surface area (TPSA) is 66.6 Å². The third-order valence-corrected chi connectivity index (χ3v) is 3.80. The number of hydrogen-bond donors (Lipinski definition) is 2. The van der Waals surface area contributed by atoms with Crippen molar-refractivity contribution in [2.75, 3.05) is 19.3 Å². The number of hydrogen-bond acceptors (Lipinski definition) is 3. The predicted molar refractivity (Wildman–Crippen MR) is 76.2 cm³/mol. The van der Waals surface area contributed by atoms with Crippen molar-refractivity contribution in [3.05, 3.63) is 28.8 Å². The summed E-state index contributed by atoms with van der Waals surface area (Å²) in [5.41, 5.74) is 5.86. The van der Waals surface area contributed by atoms with E-state index in [-0.39, 0.29) is 5.91 Å². The van der Waals surface area contributed by atoms with Gasteiger partial charge in [0.05, 0.1) is 5.60 Å². The maximum absolute atomic E-state index is 12.3. The Labute approximate surface area is 118 Å². The predicted octanol–water partition coefficient (Wildman–Crippen LogP) is 2.30. The molecule has 1 aliphatic carbocycles. The molecule has 2 rings (SSSR count). The molecule has 0 unspecified atom stereocenters. The molecule has 0 atom stereocenters. The lowest BCUT2D eigenvalue weighted by Gasteiger charge is -2.28. The Bertz CT molecular complexity index is 464. The maximum atomic E-state index is 12.3. The van der Waals surface area contributed by atoms with Gasteiger partial charge in [-0.05, 0) is 31.0 Å². The summed E-state index contributed by atoms with van der Waals surface area (Å²) in [7, 11) is 1.69. The smallest absolute Gasteiger partial charge is 0.253 e. The van der Waals surface area contributed by atoms with E-state index in [4.69, 9.17) is 17.3 Å². The number of carbonyl (C=O) groups is 1. The molecule has 0 aliphatic heterocycles. The van der Waals surface area contributed by atoms with E-state index in [1.54, 1.807) is 25.2 Å². The summed E-state index contributed by atoms with van der Waals surface area (Å²) < 4.78 is 0. The summed E-state index contributed by atoms with van der Waals surface area (Å²) in [6.07, 6.45) is 3.54. The van der Waals surface area contributed by atoms with Crippen LogP contribution in [-0.4, -0.2) is 35.1 Å². The van der Waals surface area contributed by atoms with Crippen LogP contribution in [0.2, 0.25) is 5.02 Å². The molecular weight excluding hydrogens is 264 g/mol. The van der Waals surface area contributed by atoms with Crippen molar-refractivity contribution in [3.8, 4) is 0 Å². The number of nitrogens with zero attached hydrogens (tertiary/aromatic N) is 1. The van der Waals surface area contributed by atoms with E-state index >= 15 is 0 Å². The Kier molecular flexibility index (Phi) is 4.02. The van der Waals surface area contributed by atoms with Gasteiger partial charge < -0.3 is 15.7 Å². The zero-order chi connectivity index (χ0) is 14.0. The zero-order valence-electron chi connectivity index (χ0n) is 11.0. The summed E-state index contributed by atoms with van der Waals surface area (Å²) in [6.45, 7) is 0.345. The van der Waals surface area contributed by atoms with Crippen molar-refractivity contribution in [2.45, 2.75) is 31.3 Å². The van der Waals surface area contributed by atoms with Crippen LogP contribution < -0.4 is 5.73 Å². The molecule has 0 heterocycles. The molecule has 0 aromatic heterocycles. The van der Waals surface area contributed by atoms with Gasteiger partial charge in [0.2, 0.25) is 0 Å². The number of anilines is 1. The number of amides is 1. The highest BCUT2D eigenvalue weighted by Gasteiger charge is 2.33. The van der Waals surface area contributed by atoms with E-state index in [1.165, 1.54) is 4.90 Å². The van der Waals surface area contributed by atoms with E-state index in [1.807, 2.05) is 0 Å². The van der Waals surface area contributed by atoms with Crippen LogP contribution in [-0.2, 0) is 0 Å². The molecule has 1 fully saturated rings. The molecular formula is C14H19ClN2O2. The Morgan fingerprint density at radius 2 is 2.05 bits per heavy atom. The third kappa shape index (κ3) is 3.39. The largest absolute Gasteiger partial charge is 0.399 e. The lowest BCUT2D eigenvalue weighted by Crippen LogP contribution is -2.42. The fourth-order valence-corrected chi connectivity index (χ4v) is 2.90. The minimum absolute atomic E-state index is 0.172. The number of carbonyl (C=O) groups excluding carboxylic acids is 1. The molecule has 1 amide bonds. The monoisotopic (exact) mass is 282 g/mol. The fraction of sp³-hybridized carbons (Fsp3) is 0.500. The first-order valence-corrected chi connectivity index (χ1v) is 6.81. The van der Waals surface area contributed by atoms with Gasteiger partial charge in [-0.15, -0.1) is 0 Å².